The second-order valence-electron chi connectivity index (χ2n) is 4.88. The van der Waals surface area contributed by atoms with Gasteiger partial charge in [-0.2, -0.15) is 11.8 Å². The normalized spacial score (nSPS) is 32.4. The zero-order valence-corrected chi connectivity index (χ0v) is 9.51. The van der Waals surface area contributed by atoms with Crippen molar-refractivity contribution < 1.29 is 9.90 Å². The van der Waals surface area contributed by atoms with Crippen molar-refractivity contribution in [3.05, 3.63) is 0 Å². The van der Waals surface area contributed by atoms with Crippen molar-refractivity contribution in [1.29, 1.82) is 0 Å². The van der Waals surface area contributed by atoms with E-state index in [0.29, 0.717) is 6.04 Å². The standard InChI is InChI=1S/C10H17NO2S/c1-10(2,4-9(12)13)11-5-8-3-7(11)6-14-8/h7-8H,3-6H2,1-2H3,(H,12,13). The second kappa shape index (κ2) is 3.42. The van der Waals surface area contributed by atoms with Crippen molar-refractivity contribution in [3.8, 4) is 0 Å². The van der Waals surface area contributed by atoms with Crippen LogP contribution in [-0.2, 0) is 4.79 Å². The van der Waals surface area contributed by atoms with E-state index in [0.717, 1.165) is 11.8 Å². The molecule has 0 aliphatic carbocycles. The monoisotopic (exact) mass is 215 g/mol. The van der Waals surface area contributed by atoms with E-state index in [4.69, 9.17) is 5.11 Å². The molecular weight excluding hydrogens is 198 g/mol. The number of rotatable bonds is 3. The first-order valence-corrected chi connectivity index (χ1v) is 6.14. The van der Waals surface area contributed by atoms with E-state index in [9.17, 15) is 4.79 Å². The van der Waals surface area contributed by atoms with Crippen molar-refractivity contribution in [2.45, 2.75) is 43.5 Å². The summed E-state index contributed by atoms with van der Waals surface area (Å²) in [4.78, 5) is 13.1. The molecule has 0 radical (unpaired) electrons. The number of carboxylic acids is 1. The lowest BCUT2D eigenvalue weighted by Crippen LogP contribution is -2.50. The summed E-state index contributed by atoms with van der Waals surface area (Å²) in [7, 11) is 0. The Balaban J connectivity index is 2.03. The van der Waals surface area contributed by atoms with E-state index in [1.54, 1.807) is 0 Å². The third kappa shape index (κ3) is 1.77. The summed E-state index contributed by atoms with van der Waals surface area (Å²) < 4.78 is 0. The summed E-state index contributed by atoms with van der Waals surface area (Å²) in [6.45, 7) is 5.18. The molecule has 2 fully saturated rings. The van der Waals surface area contributed by atoms with Crippen LogP contribution in [0.3, 0.4) is 0 Å². The molecule has 2 atom stereocenters. The molecule has 2 saturated heterocycles. The Hall–Kier alpha value is -0.220. The van der Waals surface area contributed by atoms with Crippen LogP contribution >= 0.6 is 11.8 Å². The zero-order chi connectivity index (χ0) is 10.3. The Labute approximate surface area is 88.9 Å². The molecular formula is C10H17NO2S. The van der Waals surface area contributed by atoms with Crippen molar-refractivity contribution in [2.24, 2.45) is 0 Å². The summed E-state index contributed by atoms with van der Waals surface area (Å²) >= 11 is 2.04. The SMILES string of the molecule is CC(C)(CC(=O)O)N1CC2CC1CS2. The predicted octanol–water partition coefficient (Wildman–Crippen LogP) is 1.43. The van der Waals surface area contributed by atoms with E-state index in [1.165, 1.54) is 12.2 Å². The molecule has 0 amide bonds. The molecule has 0 saturated carbocycles. The van der Waals surface area contributed by atoms with Gasteiger partial charge in [-0.3, -0.25) is 9.69 Å². The Morgan fingerprint density at radius 3 is 2.79 bits per heavy atom. The van der Waals surface area contributed by atoms with Gasteiger partial charge in [0.15, 0.2) is 0 Å². The number of thioether (sulfide) groups is 1. The first kappa shape index (κ1) is 10.3. The first-order valence-electron chi connectivity index (χ1n) is 5.09. The zero-order valence-electron chi connectivity index (χ0n) is 8.69. The molecule has 1 N–H and O–H groups in total. The third-order valence-electron chi connectivity index (χ3n) is 3.26. The average molecular weight is 215 g/mol. The molecule has 2 rings (SSSR count). The van der Waals surface area contributed by atoms with Crippen LogP contribution in [0.5, 0.6) is 0 Å². The fourth-order valence-corrected chi connectivity index (χ4v) is 4.05. The van der Waals surface area contributed by atoms with Crippen LogP contribution in [0.4, 0.5) is 0 Å². The maximum atomic E-state index is 10.7. The van der Waals surface area contributed by atoms with Gasteiger partial charge in [-0.15, -0.1) is 0 Å². The van der Waals surface area contributed by atoms with Gasteiger partial charge < -0.3 is 5.11 Å². The topological polar surface area (TPSA) is 40.5 Å². The molecule has 80 valence electrons. The van der Waals surface area contributed by atoms with E-state index >= 15 is 0 Å². The second-order valence-corrected chi connectivity index (χ2v) is 6.21. The molecule has 0 spiro atoms. The van der Waals surface area contributed by atoms with Crippen LogP contribution in [0.15, 0.2) is 0 Å². The van der Waals surface area contributed by atoms with Crippen molar-refractivity contribution in [2.75, 3.05) is 12.3 Å². The number of hydrogen-bond donors (Lipinski definition) is 1. The minimum atomic E-state index is -0.689. The summed E-state index contributed by atoms with van der Waals surface area (Å²) in [5, 5.41) is 9.61. The quantitative estimate of drug-likeness (QED) is 0.773. The van der Waals surface area contributed by atoms with Crippen molar-refractivity contribution in [1.82, 2.24) is 4.90 Å². The number of carbonyl (C=O) groups is 1. The van der Waals surface area contributed by atoms with Gasteiger partial charge in [0.05, 0.1) is 6.42 Å². The lowest BCUT2D eigenvalue weighted by Gasteiger charge is -2.40. The lowest BCUT2D eigenvalue weighted by atomic mass is 9.97. The number of hydrogen-bond acceptors (Lipinski definition) is 3. The molecule has 0 aromatic rings. The van der Waals surface area contributed by atoms with Gasteiger partial charge in [0.25, 0.3) is 0 Å². The summed E-state index contributed by atoms with van der Waals surface area (Å²) in [6.07, 6.45) is 1.51. The highest BCUT2D eigenvalue weighted by Crippen LogP contribution is 2.41. The summed E-state index contributed by atoms with van der Waals surface area (Å²) in [5.74, 6) is 0.499. The minimum Gasteiger partial charge on any atom is -0.481 e. The minimum absolute atomic E-state index is 0.174. The van der Waals surface area contributed by atoms with Crippen LogP contribution in [0, 0.1) is 0 Å². The average Bonchev–Trinajstić information content (AvgIpc) is 2.60. The molecule has 14 heavy (non-hydrogen) atoms. The third-order valence-corrected chi connectivity index (χ3v) is 4.65. The molecule has 2 aliphatic rings. The molecule has 3 nitrogen and oxygen atoms in total. The molecule has 2 heterocycles. The van der Waals surface area contributed by atoms with E-state index in [-0.39, 0.29) is 12.0 Å². The summed E-state index contributed by atoms with van der Waals surface area (Å²) in [5.41, 5.74) is -0.174. The van der Waals surface area contributed by atoms with Gasteiger partial charge in [-0.05, 0) is 20.3 Å². The van der Waals surface area contributed by atoms with Crippen LogP contribution in [0.2, 0.25) is 0 Å². The number of fused-ring (bicyclic) bond motifs is 2. The van der Waals surface area contributed by atoms with E-state index < -0.39 is 5.97 Å². The smallest absolute Gasteiger partial charge is 0.305 e. The number of likely N-dealkylation sites (tertiary alicyclic amines) is 1. The molecule has 0 aromatic carbocycles. The van der Waals surface area contributed by atoms with Gasteiger partial charge >= 0.3 is 5.97 Å². The highest BCUT2D eigenvalue weighted by Gasteiger charge is 2.45. The molecule has 2 bridgehead atoms. The van der Waals surface area contributed by atoms with Gasteiger partial charge in [0.2, 0.25) is 0 Å². The lowest BCUT2D eigenvalue weighted by molar-refractivity contribution is -0.140. The maximum Gasteiger partial charge on any atom is 0.305 e. The number of carboxylic acid groups (broad SMARTS) is 1. The number of aliphatic carboxylic acids is 1. The van der Waals surface area contributed by atoms with Crippen LogP contribution in [0.1, 0.15) is 26.7 Å². The molecule has 2 unspecified atom stereocenters. The Morgan fingerprint density at radius 1 is 1.64 bits per heavy atom. The fraction of sp³-hybridized carbons (Fsp3) is 0.900. The van der Waals surface area contributed by atoms with Crippen molar-refractivity contribution >= 4 is 17.7 Å². The Kier molecular flexibility index (Phi) is 2.52. The highest BCUT2D eigenvalue weighted by molar-refractivity contribution is 8.00. The highest BCUT2D eigenvalue weighted by atomic mass is 32.2. The van der Waals surface area contributed by atoms with E-state index in [2.05, 4.69) is 4.90 Å². The predicted molar refractivity (Wildman–Crippen MR) is 57.7 cm³/mol. The van der Waals surface area contributed by atoms with Gasteiger partial charge in [0.1, 0.15) is 0 Å². The molecule has 0 aromatic heterocycles. The molecule has 4 heteroatoms. The van der Waals surface area contributed by atoms with Crippen LogP contribution in [-0.4, -0.2) is 45.1 Å². The van der Waals surface area contributed by atoms with Gasteiger partial charge in [0, 0.05) is 29.1 Å². The van der Waals surface area contributed by atoms with Crippen LogP contribution in [0.25, 0.3) is 0 Å². The Bertz CT molecular complexity index is 255. The number of nitrogens with zero attached hydrogens (tertiary/aromatic N) is 1. The van der Waals surface area contributed by atoms with Gasteiger partial charge in [-0.25, -0.2) is 0 Å². The first-order chi connectivity index (χ1) is 6.49. The summed E-state index contributed by atoms with van der Waals surface area (Å²) in [6, 6.07) is 0.624. The Morgan fingerprint density at radius 2 is 2.36 bits per heavy atom. The maximum absolute atomic E-state index is 10.7. The van der Waals surface area contributed by atoms with Crippen LogP contribution < -0.4 is 0 Å². The molecule has 2 aliphatic heterocycles. The van der Waals surface area contributed by atoms with Crippen molar-refractivity contribution in [3.63, 3.8) is 0 Å². The largest absolute Gasteiger partial charge is 0.481 e. The van der Waals surface area contributed by atoms with E-state index in [1.807, 2.05) is 25.6 Å². The van der Waals surface area contributed by atoms with Gasteiger partial charge in [-0.1, -0.05) is 0 Å². The fourth-order valence-electron chi connectivity index (χ4n) is 2.61.